The number of likely N-dealkylation sites (tertiary alicyclic amines) is 1. The molecule has 1 aliphatic heterocycles. The number of ketones is 1. The van der Waals surface area contributed by atoms with Gasteiger partial charge in [-0.2, -0.15) is 5.26 Å². The molecule has 0 aliphatic carbocycles. The first-order chi connectivity index (χ1) is 14.0. The number of ether oxygens (including phenoxy) is 1. The molecule has 150 valence electrons. The average Bonchev–Trinajstić information content (AvgIpc) is 2.74. The Balaban J connectivity index is 1.49. The van der Waals surface area contributed by atoms with E-state index in [2.05, 4.69) is 5.32 Å². The van der Waals surface area contributed by atoms with Gasteiger partial charge in [-0.1, -0.05) is 11.6 Å². The lowest BCUT2D eigenvalue weighted by Gasteiger charge is -2.30. The summed E-state index contributed by atoms with van der Waals surface area (Å²) >= 11 is 5.99. The molecule has 0 radical (unpaired) electrons. The van der Waals surface area contributed by atoms with E-state index in [-0.39, 0.29) is 24.2 Å². The van der Waals surface area contributed by atoms with E-state index in [1.54, 1.807) is 49.6 Å². The molecule has 3 rings (SSSR count). The van der Waals surface area contributed by atoms with E-state index in [0.29, 0.717) is 34.9 Å². The zero-order valence-corrected chi connectivity index (χ0v) is 16.9. The number of methoxy groups -OCH3 is 1. The van der Waals surface area contributed by atoms with Gasteiger partial charge in [-0.25, -0.2) is 0 Å². The molecule has 6 nitrogen and oxygen atoms in total. The van der Waals surface area contributed by atoms with Crippen LogP contribution >= 0.6 is 11.6 Å². The number of piperidine rings is 1. The van der Waals surface area contributed by atoms with Crippen molar-refractivity contribution in [3.05, 3.63) is 58.6 Å². The fourth-order valence-electron chi connectivity index (χ4n) is 3.43. The number of Topliss-reactive ketones (excluding diaryl/α,β-unsaturated/α-hetero) is 1. The molecule has 1 amide bonds. The molecule has 1 aliphatic rings. The molecule has 0 saturated carbocycles. The van der Waals surface area contributed by atoms with Crippen LogP contribution in [0.4, 0.5) is 5.69 Å². The zero-order chi connectivity index (χ0) is 20.8. The van der Waals surface area contributed by atoms with Gasteiger partial charge in [-0.05, 0) is 68.4 Å². The highest BCUT2D eigenvalue weighted by atomic mass is 35.5. The Hall–Kier alpha value is -2.88. The third kappa shape index (κ3) is 5.35. The third-order valence-electron chi connectivity index (χ3n) is 5.07. The van der Waals surface area contributed by atoms with E-state index < -0.39 is 0 Å². The first-order valence-electron chi connectivity index (χ1n) is 9.40. The molecule has 0 bridgehead atoms. The van der Waals surface area contributed by atoms with Gasteiger partial charge >= 0.3 is 0 Å². The monoisotopic (exact) mass is 411 g/mol. The number of carbonyl (C=O) groups is 2. The molecule has 0 aromatic heterocycles. The second-order valence-corrected chi connectivity index (χ2v) is 7.40. The molecular formula is C22H22ClN3O3. The first kappa shape index (κ1) is 20.8. The maximum atomic E-state index is 12.7. The number of rotatable bonds is 6. The molecular weight excluding hydrogens is 390 g/mol. The van der Waals surface area contributed by atoms with Crippen LogP contribution in [-0.4, -0.2) is 43.3 Å². The summed E-state index contributed by atoms with van der Waals surface area (Å²) in [6, 6.07) is 14.0. The lowest BCUT2D eigenvalue weighted by molar-refractivity contribution is -0.117. The van der Waals surface area contributed by atoms with Crippen molar-refractivity contribution < 1.29 is 14.3 Å². The van der Waals surface area contributed by atoms with Gasteiger partial charge in [0.25, 0.3) is 0 Å². The summed E-state index contributed by atoms with van der Waals surface area (Å²) in [5.74, 6) is 0.695. The van der Waals surface area contributed by atoms with Gasteiger partial charge < -0.3 is 10.1 Å². The number of nitrogens with one attached hydrogen (secondary N) is 1. The van der Waals surface area contributed by atoms with E-state index in [0.717, 1.165) is 18.6 Å². The third-order valence-corrected chi connectivity index (χ3v) is 5.39. The van der Waals surface area contributed by atoms with Crippen molar-refractivity contribution in [3.63, 3.8) is 0 Å². The quantitative estimate of drug-likeness (QED) is 0.732. The van der Waals surface area contributed by atoms with Crippen molar-refractivity contribution in [3.8, 4) is 11.8 Å². The Labute approximate surface area is 175 Å². The molecule has 1 N–H and O–H groups in total. The van der Waals surface area contributed by atoms with E-state index >= 15 is 0 Å². The van der Waals surface area contributed by atoms with E-state index in [9.17, 15) is 9.59 Å². The van der Waals surface area contributed by atoms with Crippen LogP contribution in [0.5, 0.6) is 5.75 Å². The van der Waals surface area contributed by atoms with E-state index in [1.807, 2.05) is 11.0 Å². The van der Waals surface area contributed by atoms with Crippen LogP contribution in [0.25, 0.3) is 0 Å². The van der Waals surface area contributed by atoms with Gasteiger partial charge in [-0.15, -0.1) is 0 Å². The predicted molar refractivity (Wildman–Crippen MR) is 111 cm³/mol. The van der Waals surface area contributed by atoms with E-state index in [1.165, 1.54) is 0 Å². The number of carbonyl (C=O) groups excluding carboxylic acids is 2. The molecule has 0 unspecified atom stereocenters. The lowest BCUT2D eigenvalue weighted by atomic mass is 9.89. The highest BCUT2D eigenvalue weighted by Gasteiger charge is 2.26. The van der Waals surface area contributed by atoms with Gasteiger partial charge in [-0.3, -0.25) is 14.5 Å². The number of amides is 1. The normalized spacial score (nSPS) is 14.8. The predicted octanol–water partition coefficient (Wildman–Crippen LogP) is 3.75. The summed E-state index contributed by atoms with van der Waals surface area (Å²) in [7, 11) is 1.60. The summed E-state index contributed by atoms with van der Waals surface area (Å²) in [6.45, 7) is 1.63. The van der Waals surface area contributed by atoms with Crippen LogP contribution in [0.3, 0.4) is 0 Å². The first-order valence-corrected chi connectivity index (χ1v) is 9.78. The maximum Gasteiger partial charge on any atom is 0.238 e. The Bertz CT molecular complexity index is 929. The highest BCUT2D eigenvalue weighted by Crippen LogP contribution is 2.24. The summed E-state index contributed by atoms with van der Waals surface area (Å²) in [6.07, 6.45) is 1.45. The Morgan fingerprint density at radius 2 is 1.90 bits per heavy atom. The number of benzene rings is 2. The highest BCUT2D eigenvalue weighted by molar-refractivity contribution is 6.32. The molecule has 0 spiro atoms. The number of nitrogens with zero attached hydrogens (tertiary/aromatic N) is 2. The van der Waals surface area contributed by atoms with Crippen molar-refractivity contribution in [1.82, 2.24) is 4.90 Å². The van der Waals surface area contributed by atoms with Crippen molar-refractivity contribution in [1.29, 1.82) is 5.26 Å². The SMILES string of the molecule is COc1ccc(C(=O)C2CCN(CC(=O)Nc3ccc(C#N)c(Cl)c3)CC2)cc1. The smallest absolute Gasteiger partial charge is 0.238 e. The molecule has 1 saturated heterocycles. The summed E-state index contributed by atoms with van der Waals surface area (Å²) in [4.78, 5) is 27.0. The van der Waals surface area contributed by atoms with Gasteiger partial charge in [0.2, 0.25) is 5.91 Å². The Morgan fingerprint density at radius 3 is 2.48 bits per heavy atom. The minimum Gasteiger partial charge on any atom is -0.497 e. The standard InChI is InChI=1S/C22H22ClN3O3/c1-29-19-6-3-15(4-7-19)22(28)16-8-10-26(11-9-16)14-21(27)25-18-5-2-17(13-24)20(23)12-18/h2-7,12,16H,8-11,14H2,1H3,(H,25,27). The molecule has 7 heteroatoms. The number of hydrogen-bond donors (Lipinski definition) is 1. The van der Waals surface area contributed by atoms with Crippen molar-refractivity contribution >= 4 is 29.0 Å². The van der Waals surface area contributed by atoms with Crippen LogP contribution in [0, 0.1) is 17.2 Å². The summed E-state index contributed by atoms with van der Waals surface area (Å²) < 4.78 is 5.13. The van der Waals surface area contributed by atoms with Crippen LogP contribution in [-0.2, 0) is 4.79 Å². The van der Waals surface area contributed by atoms with Crippen molar-refractivity contribution in [2.75, 3.05) is 32.1 Å². The molecule has 1 heterocycles. The molecule has 0 atom stereocenters. The van der Waals surface area contributed by atoms with Gasteiger partial charge in [0.05, 0.1) is 24.2 Å². The van der Waals surface area contributed by atoms with E-state index in [4.69, 9.17) is 21.6 Å². The van der Waals surface area contributed by atoms with Gasteiger partial charge in [0.1, 0.15) is 11.8 Å². The fourth-order valence-corrected chi connectivity index (χ4v) is 3.65. The Kier molecular flexibility index (Phi) is 6.86. The van der Waals surface area contributed by atoms with Crippen LogP contribution in [0.15, 0.2) is 42.5 Å². The largest absolute Gasteiger partial charge is 0.497 e. The lowest BCUT2D eigenvalue weighted by Crippen LogP contribution is -2.40. The molecule has 2 aromatic carbocycles. The fraction of sp³-hybridized carbons (Fsp3) is 0.318. The topological polar surface area (TPSA) is 82.4 Å². The number of halogens is 1. The number of nitriles is 1. The van der Waals surface area contributed by atoms with Gasteiger partial charge in [0.15, 0.2) is 5.78 Å². The van der Waals surface area contributed by atoms with Crippen LogP contribution in [0.1, 0.15) is 28.8 Å². The van der Waals surface area contributed by atoms with Crippen molar-refractivity contribution in [2.24, 2.45) is 5.92 Å². The number of anilines is 1. The van der Waals surface area contributed by atoms with Gasteiger partial charge in [0, 0.05) is 17.2 Å². The van der Waals surface area contributed by atoms with Crippen LogP contribution in [0.2, 0.25) is 5.02 Å². The van der Waals surface area contributed by atoms with Crippen molar-refractivity contribution in [2.45, 2.75) is 12.8 Å². The molecule has 29 heavy (non-hydrogen) atoms. The Morgan fingerprint density at radius 1 is 1.21 bits per heavy atom. The summed E-state index contributed by atoms with van der Waals surface area (Å²) in [5.41, 5.74) is 1.62. The maximum absolute atomic E-state index is 12.7. The minimum absolute atomic E-state index is 0.0277. The molecule has 1 fully saturated rings. The van der Waals surface area contributed by atoms with Crippen LogP contribution < -0.4 is 10.1 Å². The average molecular weight is 412 g/mol. The minimum atomic E-state index is -0.147. The second-order valence-electron chi connectivity index (χ2n) is 7.00. The second kappa shape index (κ2) is 9.55. The zero-order valence-electron chi connectivity index (χ0n) is 16.2. The number of hydrogen-bond acceptors (Lipinski definition) is 5. The molecule has 2 aromatic rings. The summed E-state index contributed by atoms with van der Waals surface area (Å²) in [5, 5.41) is 12.0.